The molecule has 0 saturated heterocycles. The van der Waals surface area contributed by atoms with Crippen molar-refractivity contribution in [3.05, 3.63) is 231 Å². The van der Waals surface area contributed by atoms with Crippen LogP contribution in [0.25, 0.3) is 66.1 Å². The summed E-state index contributed by atoms with van der Waals surface area (Å²) in [7, 11) is -2.74. The fraction of sp³-hybridized carbons (Fsp3) is 0. The maximum Gasteiger partial charge on any atom is 0.179 e. The Morgan fingerprint density at radius 2 is 0.754 bits per heavy atom. The largest absolute Gasteiger partial charge is 0.307 e. The summed E-state index contributed by atoms with van der Waals surface area (Å²) in [4.78, 5) is 0. The number of hydrogen-bond donors (Lipinski definition) is 0. The Balaban J connectivity index is 1.22. The zero-order chi connectivity index (χ0) is 37.8. The maximum atomic E-state index is 2.52. The third-order valence-electron chi connectivity index (χ3n) is 11.9. The lowest BCUT2D eigenvalue weighted by Gasteiger charge is -2.34. The molecule has 0 amide bonds. The van der Waals surface area contributed by atoms with Gasteiger partial charge in [-0.15, -0.1) is 0 Å². The summed E-state index contributed by atoms with van der Waals surface area (Å²) in [6.45, 7) is 0. The van der Waals surface area contributed by atoms with Crippen LogP contribution in [0.5, 0.6) is 0 Å². The van der Waals surface area contributed by atoms with Crippen molar-refractivity contribution in [2.75, 3.05) is 0 Å². The van der Waals surface area contributed by atoms with E-state index in [4.69, 9.17) is 0 Å². The summed E-state index contributed by atoms with van der Waals surface area (Å²) in [5.41, 5.74) is 9.48. The molecule has 0 aliphatic rings. The minimum atomic E-state index is -2.74. The molecule has 2 heterocycles. The number of aromatic nitrogens is 2. The molecule has 11 rings (SSSR count). The van der Waals surface area contributed by atoms with Crippen molar-refractivity contribution in [1.29, 1.82) is 0 Å². The van der Waals surface area contributed by atoms with Crippen LogP contribution in [0.2, 0.25) is 0 Å². The molecule has 9 aromatic carbocycles. The molecule has 3 heteroatoms. The number of fused-ring (bicyclic) bond motifs is 6. The highest BCUT2D eigenvalue weighted by Crippen LogP contribution is 2.40. The van der Waals surface area contributed by atoms with Crippen LogP contribution in [0.15, 0.2) is 231 Å². The monoisotopic (exact) mass is 742 g/mol. The van der Waals surface area contributed by atoms with Gasteiger partial charge in [0.1, 0.15) is 0 Å². The zero-order valence-corrected chi connectivity index (χ0v) is 32.3. The van der Waals surface area contributed by atoms with Crippen molar-refractivity contribution in [1.82, 2.24) is 9.13 Å². The molecule has 11 aromatic rings. The van der Waals surface area contributed by atoms with Crippen molar-refractivity contribution in [2.24, 2.45) is 0 Å². The summed E-state index contributed by atoms with van der Waals surface area (Å²) in [5.74, 6) is 0. The van der Waals surface area contributed by atoms with E-state index >= 15 is 0 Å². The molecule has 0 bridgehead atoms. The standard InChI is InChI=1S/C54H38N2Si/c1-5-19-39(20-6-1)40-21-17-22-41(37-40)55-50-32-15-13-29-46(50)48-31-18-34-53(54(48)55)56-51-33-16-14-30-47(51)49-38-45(35-36-52(49)56)57(42-23-7-2-8-24-42,43-25-9-3-10-26-43)44-27-11-4-12-28-44/h1-38H. The van der Waals surface area contributed by atoms with E-state index in [1.165, 1.54) is 75.5 Å². The van der Waals surface area contributed by atoms with Crippen molar-refractivity contribution < 1.29 is 0 Å². The van der Waals surface area contributed by atoms with E-state index < -0.39 is 8.07 Å². The Hall–Kier alpha value is -7.20. The average Bonchev–Trinajstić information content (AvgIpc) is 3.81. The molecule has 0 N–H and O–H groups in total. The molecule has 0 unspecified atom stereocenters. The zero-order valence-electron chi connectivity index (χ0n) is 31.3. The Morgan fingerprint density at radius 3 is 1.39 bits per heavy atom. The number of benzene rings is 9. The van der Waals surface area contributed by atoms with Gasteiger partial charge in [-0.05, 0) is 68.3 Å². The first-order chi connectivity index (χ1) is 28.3. The summed E-state index contributed by atoms with van der Waals surface area (Å²) in [5, 5.41) is 10.5. The Labute approximate surface area is 333 Å². The topological polar surface area (TPSA) is 9.86 Å². The van der Waals surface area contributed by atoms with Gasteiger partial charge in [0.15, 0.2) is 8.07 Å². The SMILES string of the molecule is c1ccc(-c2cccc(-n3c4ccccc4c4cccc(-n5c6ccccc6c6cc([Si](c7ccccc7)(c7ccccc7)c7ccccc7)ccc65)c43)c2)cc1. The molecule has 2 nitrogen and oxygen atoms in total. The fourth-order valence-electron chi connectivity index (χ4n) is 9.43. The van der Waals surface area contributed by atoms with E-state index in [1.807, 2.05) is 0 Å². The van der Waals surface area contributed by atoms with Gasteiger partial charge in [-0.2, -0.15) is 0 Å². The van der Waals surface area contributed by atoms with E-state index in [2.05, 4.69) is 240 Å². The first kappa shape index (κ1) is 33.2. The quantitative estimate of drug-likeness (QED) is 0.114. The minimum Gasteiger partial charge on any atom is -0.307 e. The molecule has 0 saturated carbocycles. The van der Waals surface area contributed by atoms with E-state index in [9.17, 15) is 0 Å². The predicted molar refractivity (Wildman–Crippen MR) is 244 cm³/mol. The smallest absolute Gasteiger partial charge is 0.179 e. The summed E-state index contributed by atoms with van der Waals surface area (Å²) in [6, 6.07) is 85.2. The van der Waals surface area contributed by atoms with Crippen molar-refractivity contribution >= 4 is 72.4 Å². The molecule has 268 valence electrons. The molecular formula is C54H38N2Si. The first-order valence-electron chi connectivity index (χ1n) is 19.7. The number of hydrogen-bond acceptors (Lipinski definition) is 0. The van der Waals surface area contributed by atoms with Gasteiger partial charge >= 0.3 is 0 Å². The van der Waals surface area contributed by atoms with Crippen LogP contribution in [0.4, 0.5) is 0 Å². The maximum absolute atomic E-state index is 2.74. The van der Waals surface area contributed by atoms with Crippen LogP contribution >= 0.6 is 0 Å². The molecule has 2 aromatic heterocycles. The second-order valence-electron chi connectivity index (χ2n) is 14.9. The van der Waals surface area contributed by atoms with Crippen molar-refractivity contribution in [3.63, 3.8) is 0 Å². The lowest BCUT2D eigenvalue weighted by molar-refractivity contribution is 1.13. The third kappa shape index (κ3) is 5.17. The molecular weight excluding hydrogens is 705 g/mol. The highest BCUT2D eigenvalue weighted by atomic mass is 28.3. The van der Waals surface area contributed by atoms with Crippen LogP contribution in [0, 0.1) is 0 Å². The van der Waals surface area contributed by atoms with Gasteiger partial charge in [0.2, 0.25) is 0 Å². The third-order valence-corrected chi connectivity index (χ3v) is 16.6. The van der Waals surface area contributed by atoms with Crippen LogP contribution in [-0.2, 0) is 0 Å². The Kier molecular flexibility index (Phi) is 7.87. The van der Waals surface area contributed by atoms with Crippen molar-refractivity contribution in [3.8, 4) is 22.5 Å². The highest BCUT2D eigenvalue weighted by Gasteiger charge is 2.41. The van der Waals surface area contributed by atoms with E-state index in [1.54, 1.807) is 0 Å². The Bertz CT molecular complexity index is 3120. The lowest BCUT2D eigenvalue weighted by atomic mass is 10.1. The Morgan fingerprint density at radius 1 is 0.281 bits per heavy atom. The number of para-hydroxylation sites is 3. The minimum absolute atomic E-state index is 1.14. The lowest BCUT2D eigenvalue weighted by Crippen LogP contribution is -2.74. The molecule has 0 radical (unpaired) electrons. The van der Waals surface area contributed by atoms with Gasteiger partial charge < -0.3 is 9.13 Å². The fourth-order valence-corrected chi connectivity index (χ4v) is 14.2. The molecule has 0 spiro atoms. The van der Waals surface area contributed by atoms with Gasteiger partial charge in [-0.1, -0.05) is 194 Å². The van der Waals surface area contributed by atoms with E-state index in [0.717, 1.165) is 11.4 Å². The molecule has 57 heavy (non-hydrogen) atoms. The summed E-state index contributed by atoms with van der Waals surface area (Å²) < 4.78 is 4.98. The van der Waals surface area contributed by atoms with Gasteiger partial charge in [0.25, 0.3) is 0 Å². The summed E-state index contributed by atoms with van der Waals surface area (Å²) >= 11 is 0. The molecule has 0 atom stereocenters. The van der Waals surface area contributed by atoms with Gasteiger partial charge in [-0.3, -0.25) is 0 Å². The second-order valence-corrected chi connectivity index (χ2v) is 18.7. The number of rotatable bonds is 7. The van der Waals surface area contributed by atoms with Crippen LogP contribution in [0.1, 0.15) is 0 Å². The van der Waals surface area contributed by atoms with Gasteiger partial charge in [0.05, 0.1) is 27.8 Å². The highest BCUT2D eigenvalue weighted by molar-refractivity contribution is 7.20. The van der Waals surface area contributed by atoms with Crippen LogP contribution in [-0.4, -0.2) is 17.2 Å². The summed E-state index contributed by atoms with van der Waals surface area (Å²) in [6.07, 6.45) is 0. The number of nitrogens with zero attached hydrogens (tertiary/aromatic N) is 2. The van der Waals surface area contributed by atoms with Crippen molar-refractivity contribution in [2.45, 2.75) is 0 Å². The predicted octanol–water partition coefficient (Wildman–Crippen LogP) is 10.9. The van der Waals surface area contributed by atoms with Crippen LogP contribution in [0.3, 0.4) is 0 Å². The molecule has 0 fully saturated rings. The normalized spacial score (nSPS) is 11.9. The average molecular weight is 743 g/mol. The van der Waals surface area contributed by atoms with Crippen LogP contribution < -0.4 is 20.7 Å². The first-order valence-corrected chi connectivity index (χ1v) is 21.7. The second kappa shape index (κ2) is 13.5. The molecule has 0 aliphatic heterocycles. The molecule has 0 aliphatic carbocycles. The van der Waals surface area contributed by atoms with Gasteiger partial charge in [-0.25, -0.2) is 0 Å². The van der Waals surface area contributed by atoms with E-state index in [0.29, 0.717) is 0 Å². The van der Waals surface area contributed by atoms with E-state index in [-0.39, 0.29) is 0 Å². The van der Waals surface area contributed by atoms with Gasteiger partial charge in [0, 0.05) is 27.2 Å².